The minimum absolute atomic E-state index is 0.342. The zero-order valence-electron chi connectivity index (χ0n) is 12.6. The summed E-state index contributed by atoms with van der Waals surface area (Å²) >= 11 is 0. The molecule has 0 aliphatic heterocycles. The zero-order valence-corrected chi connectivity index (χ0v) is 12.6. The molecular weight excluding hydrogens is 254 g/mol. The van der Waals surface area contributed by atoms with Gasteiger partial charge >= 0.3 is 0 Å². The van der Waals surface area contributed by atoms with Crippen LogP contribution < -0.4 is 15.8 Å². The molecule has 0 radical (unpaired) electrons. The summed E-state index contributed by atoms with van der Waals surface area (Å²) in [5.41, 5.74) is 5.94. The second kappa shape index (κ2) is 5.48. The van der Waals surface area contributed by atoms with Crippen molar-refractivity contribution in [1.82, 2.24) is 4.98 Å². The van der Waals surface area contributed by atoms with E-state index in [9.17, 15) is 5.11 Å². The topological polar surface area (TPSA) is 80.4 Å². The zero-order chi connectivity index (χ0) is 14.8. The van der Waals surface area contributed by atoms with Crippen molar-refractivity contribution >= 4 is 11.5 Å². The molecule has 0 spiro atoms. The van der Waals surface area contributed by atoms with Crippen LogP contribution in [-0.4, -0.2) is 29.3 Å². The van der Waals surface area contributed by atoms with Crippen LogP contribution in [0.15, 0.2) is 12.1 Å². The summed E-state index contributed by atoms with van der Waals surface area (Å²) in [5.74, 6) is 1.08. The second-order valence-corrected chi connectivity index (χ2v) is 6.54. The van der Waals surface area contributed by atoms with Gasteiger partial charge in [0.1, 0.15) is 5.82 Å². The standard InChI is InChI=1S/C15H25N3O2/c1-14(2)6-8-15(19,9-7-14)10-17-12-5-4-11(16)13(18-12)20-3/h4-5,19H,6-10,16H2,1-3H3,(H,17,18). The van der Waals surface area contributed by atoms with Crippen LogP contribution in [0.1, 0.15) is 39.5 Å². The molecule has 0 amide bonds. The maximum absolute atomic E-state index is 10.6. The number of nitrogen functional groups attached to an aromatic ring is 1. The number of rotatable bonds is 4. The van der Waals surface area contributed by atoms with Gasteiger partial charge in [0.15, 0.2) is 0 Å². The van der Waals surface area contributed by atoms with Crippen molar-refractivity contribution in [1.29, 1.82) is 0 Å². The summed E-state index contributed by atoms with van der Waals surface area (Å²) < 4.78 is 5.09. The van der Waals surface area contributed by atoms with E-state index in [1.807, 2.05) is 0 Å². The molecule has 1 aliphatic rings. The molecule has 1 aromatic rings. The summed E-state index contributed by atoms with van der Waals surface area (Å²) in [7, 11) is 1.54. The Morgan fingerprint density at radius 1 is 1.30 bits per heavy atom. The predicted molar refractivity (Wildman–Crippen MR) is 80.9 cm³/mol. The van der Waals surface area contributed by atoms with Gasteiger partial charge in [0.2, 0.25) is 5.88 Å². The van der Waals surface area contributed by atoms with E-state index in [0.29, 0.717) is 29.3 Å². The first-order valence-corrected chi connectivity index (χ1v) is 7.10. The average molecular weight is 279 g/mol. The number of anilines is 2. The number of hydrogen-bond donors (Lipinski definition) is 3. The molecular formula is C15H25N3O2. The van der Waals surface area contributed by atoms with Gasteiger partial charge in [-0.2, -0.15) is 4.98 Å². The maximum atomic E-state index is 10.6. The molecule has 0 bridgehead atoms. The van der Waals surface area contributed by atoms with Crippen LogP contribution in [-0.2, 0) is 0 Å². The third kappa shape index (κ3) is 3.54. The van der Waals surface area contributed by atoms with Gasteiger partial charge in [0.25, 0.3) is 0 Å². The number of pyridine rings is 1. The molecule has 5 heteroatoms. The Bertz CT molecular complexity index is 464. The van der Waals surface area contributed by atoms with Gasteiger partial charge in [-0.25, -0.2) is 0 Å². The highest BCUT2D eigenvalue weighted by atomic mass is 16.5. The van der Waals surface area contributed by atoms with Crippen molar-refractivity contribution in [3.63, 3.8) is 0 Å². The lowest BCUT2D eigenvalue weighted by molar-refractivity contribution is -0.0145. The third-order valence-electron chi connectivity index (χ3n) is 4.22. The van der Waals surface area contributed by atoms with Crippen LogP contribution in [0.2, 0.25) is 0 Å². The Morgan fingerprint density at radius 2 is 1.95 bits per heavy atom. The molecule has 20 heavy (non-hydrogen) atoms. The van der Waals surface area contributed by atoms with Crippen LogP contribution in [0.5, 0.6) is 5.88 Å². The number of hydrogen-bond acceptors (Lipinski definition) is 5. The molecule has 1 aliphatic carbocycles. The normalized spacial score (nSPS) is 20.4. The third-order valence-corrected chi connectivity index (χ3v) is 4.22. The minimum Gasteiger partial charge on any atom is -0.479 e. The summed E-state index contributed by atoms with van der Waals surface area (Å²) in [6, 6.07) is 3.55. The highest BCUT2D eigenvalue weighted by molar-refractivity contribution is 5.53. The maximum Gasteiger partial charge on any atom is 0.238 e. The molecule has 1 fully saturated rings. The fraction of sp³-hybridized carbons (Fsp3) is 0.667. The van der Waals surface area contributed by atoms with E-state index < -0.39 is 5.60 Å². The quantitative estimate of drug-likeness (QED) is 0.788. The van der Waals surface area contributed by atoms with Crippen LogP contribution >= 0.6 is 0 Å². The van der Waals surface area contributed by atoms with Gasteiger partial charge in [-0.1, -0.05) is 13.8 Å². The second-order valence-electron chi connectivity index (χ2n) is 6.54. The van der Waals surface area contributed by atoms with Gasteiger partial charge in [-0.15, -0.1) is 0 Å². The Morgan fingerprint density at radius 3 is 2.55 bits per heavy atom. The van der Waals surface area contributed by atoms with Crippen LogP contribution in [0, 0.1) is 5.41 Å². The van der Waals surface area contributed by atoms with Gasteiger partial charge < -0.3 is 20.9 Å². The Kier molecular flexibility index (Phi) is 4.09. The van der Waals surface area contributed by atoms with Crippen LogP contribution in [0.3, 0.4) is 0 Å². The lowest BCUT2D eigenvalue weighted by atomic mass is 9.71. The van der Waals surface area contributed by atoms with E-state index >= 15 is 0 Å². The van der Waals surface area contributed by atoms with Gasteiger partial charge in [0.05, 0.1) is 18.4 Å². The van der Waals surface area contributed by atoms with Gasteiger partial charge in [-0.05, 0) is 43.2 Å². The molecule has 1 saturated carbocycles. The number of ether oxygens (including phenoxy) is 1. The highest BCUT2D eigenvalue weighted by Crippen LogP contribution is 2.40. The van der Waals surface area contributed by atoms with Crippen molar-refractivity contribution in [3.8, 4) is 5.88 Å². The predicted octanol–water partition coefficient (Wildman–Crippen LogP) is 2.42. The molecule has 2 rings (SSSR count). The van der Waals surface area contributed by atoms with Crippen molar-refractivity contribution in [2.24, 2.45) is 5.41 Å². The monoisotopic (exact) mass is 279 g/mol. The van der Waals surface area contributed by atoms with Crippen LogP contribution in [0.4, 0.5) is 11.5 Å². The molecule has 1 heterocycles. The van der Waals surface area contributed by atoms with Gasteiger partial charge in [-0.3, -0.25) is 0 Å². The Hall–Kier alpha value is -1.49. The summed E-state index contributed by atoms with van der Waals surface area (Å²) in [6.07, 6.45) is 3.73. The lowest BCUT2D eigenvalue weighted by Crippen LogP contribution is -2.42. The van der Waals surface area contributed by atoms with E-state index in [0.717, 1.165) is 25.7 Å². The molecule has 112 valence electrons. The molecule has 5 nitrogen and oxygen atoms in total. The smallest absolute Gasteiger partial charge is 0.238 e. The first-order chi connectivity index (χ1) is 9.34. The van der Waals surface area contributed by atoms with Crippen LogP contribution in [0.25, 0.3) is 0 Å². The van der Waals surface area contributed by atoms with E-state index in [1.165, 1.54) is 0 Å². The van der Waals surface area contributed by atoms with Crippen molar-refractivity contribution in [3.05, 3.63) is 12.1 Å². The average Bonchev–Trinajstić information content (AvgIpc) is 2.42. The first kappa shape index (κ1) is 14.9. The summed E-state index contributed by atoms with van der Waals surface area (Å²) in [6.45, 7) is 5.02. The number of methoxy groups -OCH3 is 1. The molecule has 0 unspecified atom stereocenters. The molecule has 0 atom stereocenters. The largest absolute Gasteiger partial charge is 0.479 e. The first-order valence-electron chi connectivity index (χ1n) is 7.10. The molecule has 1 aromatic heterocycles. The molecule has 0 aromatic carbocycles. The SMILES string of the molecule is COc1nc(NCC2(O)CCC(C)(C)CC2)ccc1N. The van der Waals surface area contributed by atoms with Gasteiger partial charge in [0, 0.05) is 6.54 Å². The number of aromatic nitrogens is 1. The molecule has 4 N–H and O–H groups in total. The minimum atomic E-state index is -0.647. The van der Waals surface area contributed by atoms with E-state index in [2.05, 4.69) is 24.1 Å². The fourth-order valence-corrected chi connectivity index (χ4v) is 2.54. The lowest BCUT2D eigenvalue weighted by Gasteiger charge is -2.40. The number of nitrogens with zero attached hydrogens (tertiary/aromatic N) is 1. The number of nitrogens with two attached hydrogens (primary N) is 1. The number of aliphatic hydroxyl groups is 1. The fourth-order valence-electron chi connectivity index (χ4n) is 2.54. The highest BCUT2D eigenvalue weighted by Gasteiger charge is 2.36. The Labute approximate surface area is 120 Å². The number of nitrogens with one attached hydrogen (secondary N) is 1. The molecule has 0 saturated heterocycles. The van der Waals surface area contributed by atoms with E-state index in [-0.39, 0.29) is 0 Å². The Balaban J connectivity index is 1.95. The summed E-state index contributed by atoms with van der Waals surface area (Å²) in [4.78, 5) is 4.27. The summed E-state index contributed by atoms with van der Waals surface area (Å²) in [5, 5.41) is 13.8. The van der Waals surface area contributed by atoms with E-state index in [1.54, 1.807) is 19.2 Å². The van der Waals surface area contributed by atoms with Crippen molar-refractivity contribution in [2.45, 2.75) is 45.1 Å². The van der Waals surface area contributed by atoms with Crippen molar-refractivity contribution in [2.75, 3.05) is 24.7 Å². The van der Waals surface area contributed by atoms with Crippen molar-refractivity contribution < 1.29 is 9.84 Å². The van der Waals surface area contributed by atoms with E-state index in [4.69, 9.17) is 10.5 Å².